The smallest absolute Gasteiger partial charge is 0.147 e. The first-order valence-electron chi connectivity index (χ1n) is 11.7. The van der Waals surface area contributed by atoms with Crippen LogP contribution in [-0.4, -0.2) is 56.5 Å². The molecule has 6 heteroatoms. The third kappa shape index (κ3) is 11.9. The Morgan fingerprint density at radius 3 is 2.60 bits per heavy atom. The molecule has 0 saturated heterocycles. The average Bonchev–Trinajstić information content (AvgIpc) is 2.68. The maximum absolute atomic E-state index is 10.0. The van der Waals surface area contributed by atoms with Crippen LogP contribution in [0.2, 0.25) is 0 Å². The average molecular weight is 363 g/mol. The van der Waals surface area contributed by atoms with E-state index in [0.29, 0.717) is 25.6 Å². The maximum Gasteiger partial charge on any atom is 0.147 e. The molecule has 1 aromatic carbocycles. The van der Waals surface area contributed by atoms with Crippen molar-refractivity contribution in [1.82, 2.24) is 5.32 Å². The topological polar surface area (TPSA) is 69.2 Å². The molecule has 1 atom stereocenters. The Balaban J connectivity index is 2.35. The molecule has 0 amide bonds. The van der Waals surface area contributed by atoms with Gasteiger partial charge in [0.15, 0.2) is 0 Å². The summed E-state index contributed by atoms with van der Waals surface area (Å²) in [5.74, 6) is 0.457. The monoisotopic (exact) mass is 362 g/mol. The van der Waals surface area contributed by atoms with Gasteiger partial charge in [-0.1, -0.05) is 25.8 Å². The molecule has 0 aliphatic carbocycles. The number of hydrogen-bond acceptors (Lipinski definition) is 6. The second-order valence-electron chi connectivity index (χ2n) is 5.66. The number of ether oxygens (including phenoxy) is 4. The van der Waals surface area contributed by atoms with Crippen molar-refractivity contribution in [2.75, 3.05) is 33.2 Å². The summed E-state index contributed by atoms with van der Waals surface area (Å²) in [5, 5.41) is 12.2. The Morgan fingerprint density at radius 2 is 1.92 bits per heavy atom. The van der Waals surface area contributed by atoms with E-state index in [2.05, 4.69) is 5.32 Å². The van der Waals surface area contributed by atoms with Gasteiger partial charge in [-0.25, -0.2) is 0 Å². The van der Waals surface area contributed by atoms with Gasteiger partial charge in [0.25, 0.3) is 0 Å². The third-order valence-corrected chi connectivity index (χ3v) is 2.99. The van der Waals surface area contributed by atoms with Gasteiger partial charge in [0.2, 0.25) is 0 Å². The first-order chi connectivity index (χ1) is 14.8. The zero-order valence-corrected chi connectivity index (χ0v) is 14.8. The van der Waals surface area contributed by atoms with Gasteiger partial charge in [0.1, 0.15) is 25.3 Å². The predicted molar refractivity (Wildman–Crippen MR) is 97.8 cm³/mol. The van der Waals surface area contributed by atoms with Gasteiger partial charge in [-0.2, -0.15) is 0 Å². The maximum atomic E-state index is 10.0. The van der Waals surface area contributed by atoms with Gasteiger partial charge in [-0.3, -0.25) is 0 Å². The number of hydrogen-bond donors (Lipinski definition) is 2. The van der Waals surface area contributed by atoms with Crippen LogP contribution in [0, 0.1) is 0 Å². The molecule has 0 aliphatic rings. The van der Waals surface area contributed by atoms with E-state index < -0.39 is 32.4 Å². The molecule has 0 aromatic heterocycles. The van der Waals surface area contributed by atoms with Crippen LogP contribution in [0.15, 0.2) is 24.3 Å². The standard InChI is InChI=1S/C19H33NO5/c1-15(2)20-11-18(21)13-25-19-7-5-17(6-8-19)12-23-14-22-9-10-24-16(3)4/h5-8,15-16,18,20-21H,9-14H2,1-4H3/i1D3,2D3,15D. The van der Waals surface area contributed by atoms with E-state index in [9.17, 15) is 5.11 Å². The van der Waals surface area contributed by atoms with Crippen LogP contribution in [-0.2, 0) is 20.8 Å². The molecule has 1 unspecified atom stereocenters. The SMILES string of the molecule is [2H]C([2H])([2H])C([2H])(NCC(O)COc1ccc(COCOCCOC(C)C)cc1)C([2H])([2H])[2H]. The van der Waals surface area contributed by atoms with Crippen molar-refractivity contribution in [2.24, 2.45) is 0 Å². The van der Waals surface area contributed by atoms with Crippen molar-refractivity contribution in [1.29, 1.82) is 0 Å². The van der Waals surface area contributed by atoms with Gasteiger partial charge in [-0.05, 0) is 31.5 Å². The summed E-state index contributed by atoms with van der Waals surface area (Å²) < 4.78 is 73.3. The zero-order valence-electron chi connectivity index (χ0n) is 21.8. The Kier molecular flexibility index (Phi) is 6.83. The molecule has 0 bridgehead atoms. The number of benzene rings is 1. The minimum absolute atomic E-state index is 0.142. The quantitative estimate of drug-likeness (QED) is 0.391. The lowest BCUT2D eigenvalue weighted by Gasteiger charge is -2.15. The molecular weight excluding hydrogens is 322 g/mol. The molecule has 0 spiro atoms. The number of rotatable bonds is 14. The van der Waals surface area contributed by atoms with E-state index in [1.807, 2.05) is 13.8 Å². The van der Waals surface area contributed by atoms with Crippen molar-refractivity contribution in [3.05, 3.63) is 29.8 Å². The van der Waals surface area contributed by atoms with Crippen LogP contribution in [0.25, 0.3) is 0 Å². The minimum atomic E-state index is -3.11. The van der Waals surface area contributed by atoms with Gasteiger partial charge >= 0.3 is 0 Å². The Hall–Kier alpha value is -1.18. The van der Waals surface area contributed by atoms with Crippen LogP contribution in [0.5, 0.6) is 5.75 Å². The first kappa shape index (κ1) is 13.1. The Labute approximate surface area is 161 Å². The summed E-state index contributed by atoms with van der Waals surface area (Å²) >= 11 is 0. The highest BCUT2D eigenvalue weighted by Crippen LogP contribution is 2.13. The number of aliphatic hydroxyl groups is 1. The molecule has 0 aliphatic heterocycles. The van der Waals surface area contributed by atoms with Gasteiger partial charge in [0.05, 0.1) is 25.9 Å². The summed E-state index contributed by atoms with van der Waals surface area (Å²) in [7, 11) is 0. The first-order valence-corrected chi connectivity index (χ1v) is 8.18. The summed E-state index contributed by atoms with van der Waals surface area (Å²) in [6.07, 6.45) is -1.06. The van der Waals surface area contributed by atoms with E-state index >= 15 is 0 Å². The number of aliphatic hydroxyl groups excluding tert-OH is 1. The van der Waals surface area contributed by atoms with Gasteiger partial charge < -0.3 is 29.4 Å². The molecule has 1 aromatic rings. The molecule has 0 saturated carbocycles. The van der Waals surface area contributed by atoms with E-state index in [0.717, 1.165) is 5.56 Å². The van der Waals surface area contributed by atoms with Crippen molar-refractivity contribution in [3.63, 3.8) is 0 Å². The molecule has 1 rings (SSSR count). The van der Waals surface area contributed by atoms with E-state index in [1.54, 1.807) is 24.3 Å². The van der Waals surface area contributed by atoms with Crippen molar-refractivity contribution < 1.29 is 33.6 Å². The second-order valence-corrected chi connectivity index (χ2v) is 5.66. The summed E-state index contributed by atoms with van der Waals surface area (Å²) in [5.41, 5.74) is 0.885. The van der Waals surface area contributed by atoms with Crippen LogP contribution >= 0.6 is 0 Å². The lowest BCUT2D eigenvalue weighted by molar-refractivity contribution is -0.0806. The number of nitrogens with one attached hydrogen (secondary N) is 1. The predicted octanol–water partition coefficient (Wildman–Crippen LogP) is 2.34. The Morgan fingerprint density at radius 1 is 1.16 bits per heavy atom. The molecular formula is C19H33NO5. The summed E-state index contributed by atoms with van der Waals surface area (Å²) in [4.78, 5) is 0. The summed E-state index contributed by atoms with van der Waals surface area (Å²) in [6.45, 7) is -1.54. The zero-order chi connectivity index (χ0) is 24.4. The van der Waals surface area contributed by atoms with E-state index in [4.69, 9.17) is 28.5 Å². The van der Waals surface area contributed by atoms with Gasteiger partial charge in [-0.15, -0.1) is 0 Å². The molecule has 144 valence electrons. The molecule has 0 fully saturated rings. The molecule has 6 nitrogen and oxygen atoms in total. The Bertz CT molecular complexity index is 639. The highest BCUT2D eigenvalue weighted by molar-refractivity contribution is 5.26. The third-order valence-electron chi connectivity index (χ3n) is 2.99. The lowest BCUT2D eigenvalue weighted by atomic mass is 10.2. The normalized spacial score (nSPS) is 18.3. The highest BCUT2D eigenvalue weighted by atomic mass is 16.7. The van der Waals surface area contributed by atoms with Crippen molar-refractivity contribution >= 4 is 0 Å². The minimum Gasteiger partial charge on any atom is -0.491 e. The molecule has 0 heterocycles. The molecule has 2 N–H and O–H groups in total. The second kappa shape index (κ2) is 13.1. The van der Waals surface area contributed by atoms with Crippen molar-refractivity contribution in [2.45, 2.75) is 52.4 Å². The van der Waals surface area contributed by atoms with Crippen LogP contribution < -0.4 is 10.1 Å². The van der Waals surface area contributed by atoms with Crippen molar-refractivity contribution in [3.8, 4) is 5.75 Å². The lowest BCUT2D eigenvalue weighted by Crippen LogP contribution is -2.35. The van der Waals surface area contributed by atoms with Crippen LogP contribution in [0.1, 0.15) is 42.7 Å². The van der Waals surface area contributed by atoms with E-state index in [-0.39, 0.29) is 19.5 Å². The van der Waals surface area contributed by atoms with Crippen LogP contribution in [0.4, 0.5) is 0 Å². The molecule has 0 radical (unpaired) electrons. The highest BCUT2D eigenvalue weighted by Gasteiger charge is 2.06. The fourth-order valence-electron chi connectivity index (χ4n) is 1.77. The fourth-order valence-corrected chi connectivity index (χ4v) is 1.77. The van der Waals surface area contributed by atoms with E-state index in [1.165, 1.54) is 0 Å². The molecule has 25 heavy (non-hydrogen) atoms. The van der Waals surface area contributed by atoms with Gasteiger partial charge in [0, 0.05) is 22.2 Å². The largest absolute Gasteiger partial charge is 0.491 e. The fraction of sp³-hybridized carbons (Fsp3) is 0.684. The van der Waals surface area contributed by atoms with Crippen LogP contribution in [0.3, 0.4) is 0 Å². The summed E-state index contributed by atoms with van der Waals surface area (Å²) in [6, 6.07) is 4.01.